The quantitative estimate of drug-likeness (QED) is 0.450. The molecule has 0 aromatic heterocycles. The van der Waals surface area contributed by atoms with E-state index >= 15 is 0 Å². The van der Waals surface area contributed by atoms with E-state index in [0.717, 1.165) is 18.4 Å². The Hall–Kier alpha value is -2.35. The zero-order chi connectivity index (χ0) is 25.3. The van der Waals surface area contributed by atoms with Crippen LogP contribution in [0, 0.1) is 5.41 Å². The van der Waals surface area contributed by atoms with Crippen LogP contribution in [0.4, 0.5) is 5.69 Å². The largest absolute Gasteiger partial charge is 0.379 e. The fraction of sp³-hybridized carbons (Fsp3) is 0.444. The lowest BCUT2D eigenvalue weighted by molar-refractivity contribution is -0.136. The number of anilines is 1. The molecule has 0 saturated heterocycles. The molecule has 35 heavy (non-hydrogen) atoms. The molecule has 188 valence electrons. The van der Waals surface area contributed by atoms with Gasteiger partial charge in [0.1, 0.15) is 6.04 Å². The van der Waals surface area contributed by atoms with Gasteiger partial charge in [-0.2, -0.15) is 0 Å². The summed E-state index contributed by atoms with van der Waals surface area (Å²) in [5.41, 5.74) is 0.821. The van der Waals surface area contributed by atoms with Crippen molar-refractivity contribution in [3.8, 4) is 0 Å². The van der Waals surface area contributed by atoms with Gasteiger partial charge in [-0.1, -0.05) is 53.7 Å². The molecule has 1 fully saturated rings. The van der Waals surface area contributed by atoms with Crippen molar-refractivity contribution in [2.45, 2.75) is 58.1 Å². The van der Waals surface area contributed by atoms with E-state index in [1.165, 1.54) is 18.7 Å². The molecule has 6 nitrogen and oxygen atoms in total. The summed E-state index contributed by atoms with van der Waals surface area (Å²) < 4.78 is 5.78. The summed E-state index contributed by atoms with van der Waals surface area (Å²) in [6.45, 7) is 4.11. The molecule has 2 aromatic carbocycles. The van der Waals surface area contributed by atoms with Crippen LogP contribution in [0.15, 0.2) is 54.6 Å². The molecule has 0 heterocycles. The fourth-order valence-electron chi connectivity index (χ4n) is 4.36. The first-order valence-electron chi connectivity index (χ1n) is 12.0. The van der Waals surface area contributed by atoms with Crippen molar-refractivity contribution in [2.24, 2.45) is 5.41 Å². The predicted octanol–water partition coefficient (Wildman–Crippen LogP) is 5.25. The Balaban J connectivity index is 1.79. The Bertz CT molecular complexity index is 992. The molecule has 1 atom stereocenters. The maximum Gasteiger partial charge on any atom is 0.247 e. The number of hydrogen-bond acceptors (Lipinski definition) is 5. The van der Waals surface area contributed by atoms with Crippen molar-refractivity contribution in [3.05, 3.63) is 65.2 Å². The van der Waals surface area contributed by atoms with Crippen molar-refractivity contribution >= 4 is 46.0 Å². The average Bonchev–Trinajstić information content (AvgIpc) is 2.85. The van der Waals surface area contributed by atoms with Crippen LogP contribution in [0.1, 0.15) is 45.1 Å². The topological polar surface area (TPSA) is 84.5 Å². The highest BCUT2D eigenvalue weighted by atomic mass is 35.5. The first-order chi connectivity index (χ1) is 16.8. The number of amides is 2. The molecular weight excluding hydrogens is 484 g/mol. The molecule has 3 rings (SSSR count). The van der Waals surface area contributed by atoms with Gasteiger partial charge in [-0.15, -0.1) is 0 Å². The van der Waals surface area contributed by atoms with Crippen LogP contribution in [-0.4, -0.2) is 41.4 Å². The van der Waals surface area contributed by atoms with Gasteiger partial charge >= 0.3 is 0 Å². The number of halogens is 1. The van der Waals surface area contributed by atoms with Gasteiger partial charge in [0.2, 0.25) is 11.8 Å². The van der Waals surface area contributed by atoms with Crippen molar-refractivity contribution in [3.63, 3.8) is 0 Å². The van der Waals surface area contributed by atoms with Gasteiger partial charge < -0.3 is 15.4 Å². The number of rotatable bonds is 10. The highest BCUT2D eigenvalue weighted by molar-refractivity contribution is 8.13. The monoisotopic (exact) mass is 516 g/mol. The molecule has 1 saturated carbocycles. The van der Waals surface area contributed by atoms with Gasteiger partial charge in [0.05, 0.1) is 11.5 Å². The van der Waals surface area contributed by atoms with E-state index in [1.807, 2.05) is 37.3 Å². The summed E-state index contributed by atoms with van der Waals surface area (Å²) in [6.07, 6.45) is 3.20. The van der Waals surface area contributed by atoms with Crippen LogP contribution in [0.5, 0.6) is 0 Å². The smallest absolute Gasteiger partial charge is 0.247 e. The standard InChI is InChI=1S/C27H33ClN2O4S/c1-3-34-23-13-15-27(16-14-23,18-35-19(2)31)26(33)30-24(17-20-7-5-4-6-8-20)25(32)29-22-11-9-21(28)10-12-22/h4-12,23-24H,3,13-18H2,1-2H3,(H,29,32)(H,30,33)/t23-,24-,27+/m0/s1. The van der Waals surface area contributed by atoms with E-state index in [0.29, 0.717) is 42.3 Å². The molecule has 1 aliphatic carbocycles. The van der Waals surface area contributed by atoms with Crippen molar-refractivity contribution < 1.29 is 19.1 Å². The molecule has 0 spiro atoms. The number of thioether (sulfide) groups is 1. The summed E-state index contributed by atoms with van der Waals surface area (Å²) in [7, 11) is 0. The lowest BCUT2D eigenvalue weighted by atomic mass is 9.73. The van der Waals surface area contributed by atoms with Crippen molar-refractivity contribution in [2.75, 3.05) is 17.7 Å². The Labute approximate surface area is 216 Å². The Morgan fingerprint density at radius 3 is 2.34 bits per heavy atom. The predicted molar refractivity (Wildman–Crippen MR) is 142 cm³/mol. The SMILES string of the molecule is CCO[C@H]1CC[C@@](CSC(C)=O)(C(=O)N[C@@H](Cc2ccccc2)C(=O)Nc2ccc(Cl)cc2)CC1. The van der Waals surface area contributed by atoms with Gasteiger partial charge in [-0.25, -0.2) is 0 Å². The third kappa shape index (κ3) is 8.09. The van der Waals surface area contributed by atoms with E-state index in [1.54, 1.807) is 24.3 Å². The minimum absolute atomic E-state index is 0.0228. The summed E-state index contributed by atoms with van der Waals surface area (Å²) in [5.74, 6) is -0.0977. The molecule has 0 unspecified atom stereocenters. The molecule has 0 aliphatic heterocycles. The van der Waals surface area contributed by atoms with E-state index in [2.05, 4.69) is 10.6 Å². The number of benzene rings is 2. The molecule has 0 radical (unpaired) electrons. The number of nitrogens with one attached hydrogen (secondary N) is 2. The van der Waals surface area contributed by atoms with E-state index in [-0.39, 0.29) is 23.0 Å². The minimum atomic E-state index is -0.774. The molecule has 0 bridgehead atoms. The van der Waals surface area contributed by atoms with Crippen LogP contribution in [0.25, 0.3) is 0 Å². The normalized spacial score (nSPS) is 20.6. The zero-order valence-corrected chi connectivity index (χ0v) is 21.8. The number of carbonyl (C=O) groups excluding carboxylic acids is 3. The zero-order valence-electron chi connectivity index (χ0n) is 20.2. The van der Waals surface area contributed by atoms with Crippen LogP contribution in [0.2, 0.25) is 5.02 Å². The number of carbonyl (C=O) groups is 3. The second kappa shape index (κ2) is 13.1. The van der Waals surface area contributed by atoms with Crippen LogP contribution >= 0.6 is 23.4 Å². The van der Waals surface area contributed by atoms with E-state index in [9.17, 15) is 14.4 Å². The van der Waals surface area contributed by atoms with Crippen molar-refractivity contribution in [1.29, 1.82) is 0 Å². The molecule has 2 aromatic rings. The average molecular weight is 517 g/mol. The van der Waals surface area contributed by atoms with E-state index in [4.69, 9.17) is 16.3 Å². The highest BCUT2D eigenvalue weighted by Gasteiger charge is 2.43. The van der Waals surface area contributed by atoms with E-state index < -0.39 is 11.5 Å². The molecule has 2 amide bonds. The summed E-state index contributed by atoms with van der Waals surface area (Å²) in [4.78, 5) is 38.8. The molecular formula is C27H33ClN2O4S. The maximum atomic E-state index is 13.7. The minimum Gasteiger partial charge on any atom is -0.379 e. The second-order valence-corrected chi connectivity index (χ2v) is 10.5. The fourth-order valence-corrected chi connectivity index (χ4v) is 5.38. The van der Waals surface area contributed by atoms with Gasteiger partial charge in [0.25, 0.3) is 0 Å². The van der Waals surface area contributed by atoms with Gasteiger partial charge in [-0.3, -0.25) is 14.4 Å². The first kappa shape index (κ1) is 27.2. The highest BCUT2D eigenvalue weighted by Crippen LogP contribution is 2.40. The third-order valence-corrected chi connectivity index (χ3v) is 7.70. The van der Waals surface area contributed by atoms with Gasteiger partial charge in [0.15, 0.2) is 5.12 Å². The first-order valence-corrected chi connectivity index (χ1v) is 13.3. The molecule has 8 heteroatoms. The van der Waals surface area contributed by atoms with Crippen molar-refractivity contribution in [1.82, 2.24) is 5.32 Å². The summed E-state index contributed by atoms with van der Waals surface area (Å²) in [6, 6.07) is 15.7. The third-order valence-electron chi connectivity index (χ3n) is 6.34. The van der Waals surface area contributed by atoms with Crippen LogP contribution in [0.3, 0.4) is 0 Å². The summed E-state index contributed by atoms with van der Waals surface area (Å²) in [5, 5.41) is 6.48. The lowest BCUT2D eigenvalue weighted by Crippen LogP contribution is -2.53. The lowest BCUT2D eigenvalue weighted by Gasteiger charge is -2.39. The molecule has 1 aliphatic rings. The number of ether oxygens (including phenoxy) is 1. The van der Waals surface area contributed by atoms with Crippen LogP contribution in [-0.2, 0) is 25.5 Å². The van der Waals surface area contributed by atoms with Gasteiger partial charge in [-0.05, 0) is 62.4 Å². The number of hydrogen-bond donors (Lipinski definition) is 2. The second-order valence-electron chi connectivity index (χ2n) is 8.93. The summed E-state index contributed by atoms with van der Waals surface area (Å²) >= 11 is 7.13. The molecule has 2 N–H and O–H groups in total. The Kier molecular flexibility index (Phi) is 10.2. The van der Waals surface area contributed by atoms with Gasteiger partial charge in [0, 0.05) is 36.4 Å². The van der Waals surface area contributed by atoms with Crippen LogP contribution < -0.4 is 10.6 Å². The Morgan fingerprint density at radius 1 is 1.09 bits per heavy atom. The maximum absolute atomic E-state index is 13.7. The Morgan fingerprint density at radius 2 is 1.74 bits per heavy atom.